The zero-order chi connectivity index (χ0) is 11.7. The highest BCUT2D eigenvalue weighted by Gasteiger charge is 2.19. The third-order valence-corrected chi connectivity index (χ3v) is 4.14. The molecular formula is C13H8O2S2. The summed E-state index contributed by atoms with van der Waals surface area (Å²) in [6, 6.07) is 8.06. The summed E-state index contributed by atoms with van der Waals surface area (Å²) in [7, 11) is 0. The van der Waals surface area contributed by atoms with Crippen molar-refractivity contribution in [2.24, 2.45) is 0 Å². The van der Waals surface area contributed by atoms with E-state index in [4.69, 9.17) is 4.74 Å². The maximum absolute atomic E-state index is 11.2. The van der Waals surface area contributed by atoms with Gasteiger partial charge in [-0.25, -0.2) is 4.79 Å². The summed E-state index contributed by atoms with van der Waals surface area (Å²) >= 11 is 3.28. The molecule has 2 aromatic heterocycles. The third kappa shape index (κ3) is 1.97. The number of rotatable bonds is 2. The van der Waals surface area contributed by atoms with Crippen molar-refractivity contribution in [2.75, 3.05) is 0 Å². The Balaban J connectivity index is 2.16. The summed E-state index contributed by atoms with van der Waals surface area (Å²) in [5.41, 5.74) is 0.997. The van der Waals surface area contributed by atoms with Gasteiger partial charge in [0.1, 0.15) is 5.76 Å². The number of ether oxygens (including phenoxy) is 1. The van der Waals surface area contributed by atoms with Crippen LogP contribution in [0, 0.1) is 0 Å². The number of hydrogen-bond donors (Lipinski definition) is 0. The lowest BCUT2D eigenvalue weighted by molar-refractivity contribution is -0.132. The second-order valence-corrected chi connectivity index (χ2v) is 5.34. The Morgan fingerprint density at radius 3 is 2.06 bits per heavy atom. The van der Waals surface area contributed by atoms with E-state index >= 15 is 0 Å². The first-order valence-electron chi connectivity index (χ1n) is 5.06. The molecule has 4 heteroatoms. The van der Waals surface area contributed by atoms with Crippen LogP contribution >= 0.6 is 22.7 Å². The van der Waals surface area contributed by atoms with Crippen molar-refractivity contribution in [1.29, 1.82) is 0 Å². The van der Waals surface area contributed by atoms with Crippen LogP contribution in [0.15, 0.2) is 52.9 Å². The molecule has 1 aliphatic heterocycles. The minimum atomic E-state index is -0.300. The fraction of sp³-hybridized carbons (Fsp3) is 0. The van der Waals surface area contributed by atoms with Crippen LogP contribution in [0.4, 0.5) is 0 Å². The van der Waals surface area contributed by atoms with Crippen LogP contribution in [0.5, 0.6) is 0 Å². The van der Waals surface area contributed by atoms with Crippen molar-refractivity contribution in [2.45, 2.75) is 0 Å². The highest BCUT2D eigenvalue weighted by molar-refractivity contribution is 7.13. The third-order valence-electron chi connectivity index (χ3n) is 2.36. The van der Waals surface area contributed by atoms with E-state index in [1.165, 1.54) is 6.08 Å². The summed E-state index contributed by atoms with van der Waals surface area (Å²) in [6.07, 6.45) is 3.19. The molecule has 0 unspecified atom stereocenters. The molecule has 0 saturated carbocycles. The Kier molecular flexibility index (Phi) is 2.66. The lowest BCUT2D eigenvalue weighted by Gasteiger charge is -2.05. The van der Waals surface area contributed by atoms with Gasteiger partial charge in [0.2, 0.25) is 0 Å². The van der Waals surface area contributed by atoms with Gasteiger partial charge in [0.15, 0.2) is 0 Å². The largest absolute Gasteiger partial charge is 0.423 e. The van der Waals surface area contributed by atoms with E-state index in [-0.39, 0.29) is 5.97 Å². The van der Waals surface area contributed by atoms with Crippen molar-refractivity contribution in [3.8, 4) is 0 Å². The highest BCUT2D eigenvalue weighted by atomic mass is 32.1. The monoisotopic (exact) mass is 260 g/mol. The number of carbonyl (C=O) groups is 1. The molecule has 0 amide bonds. The Bertz CT molecular complexity index is 553. The van der Waals surface area contributed by atoms with Crippen molar-refractivity contribution in [3.05, 3.63) is 62.7 Å². The van der Waals surface area contributed by atoms with E-state index in [9.17, 15) is 4.79 Å². The Hall–Kier alpha value is -1.65. The van der Waals surface area contributed by atoms with E-state index in [0.717, 1.165) is 15.3 Å². The molecule has 2 nitrogen and oxygen atoms in total. The first kappa shape index (κ1) is 10.5. The second kappa shape index (κ2) is 4.31. The molecular weight excluding hydrogens is 252 g/mol. The fourth-order valence-corrected chi connectivity index (χ4v) is 3.30. The van der Waals surface area contributed by atoms with Crippen LogP contribution in [-0.4, -0.2) is 5.97 Å². The molecule has 0 atom stereocenters. The Morgan fingerprint density at radius 2 is 1.65 bits per heavy atom. The van der Waals surface area contributed by atoms with Gasteiger partial charge in [-0.2, -0.15) is 0 Å². The van der Waals surface area contributed by atoms with E-state index in [2.05, 4.69) is 0 Å². The minimum Gasteiger partial charge on any atom is -0.423 e. The van der Waals surface area contributed by atoms with Crippen LogP contribution in [0.2, 0.25) is 0 Å². The first-order chi connectivity index (χ1) is 8.34. The number of esters is 1. The maximum Gasteiger partial charge on any atom is 0.336 e. The topological polar surface area (TPSA) is 26.3 Å². The molecule has 2 aromatic rings. The summed E-state index contributed by atoms with van der Waals surface area (Å²) in [6.45, 7) is 0. The standard InChI is InChI=1S/C13H8O2S2/c14-12-6-5-9(15-12)13(10-3-1-7-16-10)11-4-2-8-17-11/h1-8H. The lowest BCUT2D eigenvalue weighted by Crippen LogP contribution is -1.94. The molecule has 0 saturated heterocycles. The van der Waals surface area contributed by atoms with Gasteiger partial charge in [0.05, 0.1) is 5.57 Å². The summed E-state index contributed by atoms with van der Waals surface area (Å²) < 4.78 is 5.21. The second-order valence-electron chi connectivity index (χ2n) is 3.45. The number of cyclic esters (lactones) is 1. The quantitative estimate of drug-likeness (QED) is 0.770. The van der Waals surface area contributed by atoms with Crippen molar-refractivity contribution >= 4 is 34.2 Å². The summed E-state index contributed by atoms with van der Waals surface area (Å²) in [4.78, 5) is 13.4. The average Bonchev–Trinajstić information content (AvgIpc) is 3.02. The zero-order valence-electron chi connectivity index (χ0n) is 8.75. The van der Waals surface area contributed by atoms with Gasteiger partial charge < -0.3 is 4.74 Å². The average molecular weight is 260 g/mol. The number of allylic oxidation sites excluding steroid dienone is 1. The molecule has 0 N–H and O–H groups in total. The number of hydrogen-bond acceptors (Lipinski definition) is 4. The van der Waals surface area contributed by atoms with E-state index < -0.39 is 0 Å². The first-order valence-corrected chi connectivity index (χ1v) is 6.82. The Labute approximate surface area is 106 Å². The fourth-order valence-electron chi connectivity index (χ4n) is 1.66. The van der Waals surface area contributed by atoms with Gasteiger partial charge in [0, 0.05) is 15.8 Å². The van der Waals surface area contributed by atoms with Gasteiger partial charge >= 0.3 is 5.97 Å². The molecule has 0 bridgehead atoms. The van der Waals surface area contributed by atoms with Crippen molar-refractivity contribution in [3.63, 3.8) is 0 Å². The Morgan fingerprint density at radius 1 is 1.00 bits per heavy atom. The predicted octanol–water partition coefficient (Wildman–Crippen LogP) is 3.68. The maximum atomic E-state index is 11.2. The van der Waals surface area contributed by atoms with Gasteiger partial charge in [-0.3, -0.25) is 0 Å². The normalized spacial score (nSPS) is 14.1. The molecule has 3 rings (SSSR count). The minimum absolute atomic E-state index is 0.300. The SMILES string of the molecule is O=C1C=CC(=C(c2cccs2)c2cccs2)O1. The van der Waals surface area contributed by atoms with E-state index in [1.54, 1.807) is 28.7 Å². The molecule has 84 valence electrons. The lowest BCUT2D eigenvalue weighted by atomic mass is 10.1. The highest BCUT2D eigenvalue weighted by Crippen LogP contribution is 2.35. The van der Waals surface area contributed by atoms with Crippen LogP contribution in [0.3, 0.4) is 0 Å². The van der Waals surface area contributed by atoms with Gasteiger partial charge in [-0.1, -0.05) is 12.1 Å². The van der Waals surface area contributed by atoms with Crippen molar-refractivity contribution < 1.29 is 9.53 Å². The smallest absolute Gasteiger partial charge is 0.336 e. The van der Waals surface area contributed by atoms with Crippen LogP contribution in [0.1, 0.15) is 9.75 Å². The van der Waals surface area contributed by atoms with Crippen molar-refractivity contribution in [1.82, 2.24) is 0 Å². The molecule has 0 spiro atoms. The summed E-state index contributed by atoms with van der Waals surface area (Å²) in [5, 5.41) is 4.04. The van der Waals surface area contributed by atoms with Crippen LogP contribution < -0.4 is 0 Å². The van der Waals surface area contributed by atoms with Gasteiger partial charge in [0.25, 0.3) is 0 Å². The molecule has 17 heavy (non-hydrogen) atoms. The molecule has 1 aliphatic rings. The number of carbonyl (C=O) groups excluding carboxylic acids is 1. The molecule has 0 radical (unpaired) electrons. The van der Waals surface area contributed by atoms with E-state index in [0.29, 0.717) is 5.76 Å². The molecule has 0 aliphatic carbocycles. The van der Waals surface area contributed by atoms with Crippen LogP contribution in [-0.2, 0) is 9.53 Å². The molecule has 0 fully saturated rings. The zero-order valence-corrected chi connectivity index (χ0v) is 10.4. The van der Waals surface area contributed by atoms with E-state index in [1.807, 2.05) is 35.0 Å². The number of thiophene rings is 2. The molecule has 0 aromatic carbocycles. The van der Waals surface area contributed by atoms with Crippen LogP contribution in [0.25, 0.3) is 5.57 Å². The van der Waals surface area contributed by atoms with Gasteiger partial charge in [-0.05, 0) is 29.0 Å². The molecule has 3 heterocycles. The van der Waals surface area contributed by atoms with Gasteiger partial charge in [-0.15, -0.1) is 22.7 Å². The predicted molar refractivity (Wildman–Crippen MR) is 69.9 cm³/mol. The summed E-state index contributed by atoms with van der Waals surface area (Å²) in [5.74, 6) is 0.338.